The molecule has 5 heteroatoms. The Hall–Kier alpha value is -1.62. The Bertz CT molecular complexity index is 528. The lowest BCUT2D eigenvalue weighted by Gasteiger charge is -2.21. The number of carbonyl (C=O) groups excluding carboxylic acids is 1. The van der Waals surface area contributed by atoms with Crippen molar-refractivity contribution in [3.05, 3.63) is 24.3 Å². The van der Waals surface area contributed by atoms with E-state index >= 15 is 0 Å². The van der Waals surface area contributed by atoms with E-state index in [4.69, 9.17) is 17.0 Å². The van der Waals surface area contributed by atoms with Gasteiger partial charge in [-0.15, -0.1) is 0 Å². The summed E-state index contributed by atoms with van der Waals surface area (Å²) in [6.07, 6.45) is 7.52. The van der Waals surface area contributed by atoms with Crippen LogP contribution in [0.15, 0.2) is 24.3 Å². The predicted octanol–water partition coefficient (Wildman–Crippen LogP) is 4.26. The van der Waals surface area contributed by atoms with E-state index in [2.05, 4.69) is 17.6 Å². The van der Waals surface area contributed by atoms with Crippen LogP contribution in [0.5, 0.6) is 5.75 Å². The summed E-state index contributed by atoms with van der Waals surface area (Å²) in [4.78, 5) is 12.2. The number of benzene rings is 1. The van der Waals surface area contributed by atoms with E-state index in [1.165, 1.54) is 6.42 Å². The summed E-state index contributed by atoms with van der Waals surface area (Å²) in [7, 11) is 0. The van der Waals surface area contributed by atoms with Gasteiger partial charge in [0.25, 0.3) is 0 Å². The first kappa shape index (κ1) is 17.7. The fraction of sp³-hybridized carbons (Fsp3) is 0.556. The molecule has 0 heterocycles. The molecule has 0 radical (unpaired) electrons. The molecule has 0 aromatic heterocycles. The van der Waals surface area contributed by atoms with Crippen LogP contribution in [0.25, 0.3) is 0 Å². The number of anilines is 1. The zero-order chi connectivity index (χ0) is 16.5. The number of thiocarbonyl (C=S) groups is 1. The predicted molar refractivity (Wildman–Crippen MR) is 97.8 cm³/mol. The van der Waals surface area contributed by atoms with Gasteiger partial charge in [0, 0.05) is 5.92 Å². The number of hydrogen-bond donors (Lipinski definition) is 2. The maximum absolute atomic E-state index is 12.2. The average Bonchev–Trinajstić information content (AvgIpc) is 2.57. The minimum atomic E-state index is 0.0339. The molecule has 2 rings (SSSR count). The number of ether oxygens (including phenoxy) is 1. The van der Waals surface area contributed by atoms with E-state index in [-0.39, 0.29) is 11.8 Å². The average molecular weight is 334 g/mol. The van der Waals surface area contributed by atoms with Crippen LogP contribution in [-0.4, -0.2) is 17.6 Å². The van der Waals surface area contributed by atoms with E-state index in [1.54, 1.807) is 0 Å². The van der Waals surface area contributed by atoms with Gasteiger partial charge in [-0.1, -0.05) is 44.7 Å². The Kier molecular flexibility index (Phi) is 7.33. The number of unbranched alkanes of at least 4 members (excludes halogenated alkanes) is 1. The lowest BCUT2D eigenvalue weighted by molar-refractivity contribution is -0.124. The van der Waals surface area contributed by atoms with Gasteiger partial charge < -0.3 is 15.4 Å². The minimum absolute atomic E-state index is 0.0339. The van der Waals surface area contributed by atoms with Gasteiger partial charge in [-0.25, -0.2) is 0 Å². The molecule has 1 saturated carbocycles. The molecule has 1 fully saturated rings. The first-order valence-corrected chi connectivity index (χ1v) is 8.95. The topological polar surface area (TPSA) is 50.4 Å². The Morgan fingerprint density at radius 1 is 1.26 bits per heavy atom. The summed E-state index contributed by atoms with van der Waals surface area (Å²) < 4.78 is 5.76. The number of amides is 1. The first-order valence-electron chi connectivity index (χ1n) is 8.54. The van der Waals surface area contributed by atoms with Gasteiger partial charge in [-0.2, -0.15) is 0 Å². The van der Waals surface area contributed by atoms with Gasteiger partial charge in [0.1, 0.15) is 5.75 Å². The summed E-state index contributed by atoms with van der Waals surface area (Å²) >= 11 is 5.28. The monoisotopic (exact) mass is 334 g/mol. The zero-order valence-electron chi connectivity index (χ0n) is 13.8. The summed E-state index contributed by atoms with van der Waals surface area (Å²) in [6.45, 7) is 2.81. The molecule has 1 amide bonds. The SMILES string of the molecule is CCCCOc1ccccc1NC(=S)NC(=O)C1CCCCC1. The van der Waals surface area contributed by atoms with Crippen molar-refractivity contribution in [2.75, 3.05) is 11.9 Å². The third kappa shape index (κ3) is 5.82. The smallest absolute Gasteiger partial charge is 0.229 e. The second-order valence-electron chi connectivity index (χ2n) is 5.98. The third-order valence-corrected chi connectivity index (χ3v) is 4.31. The second kappa shape index (κ2) is 9.50. The van der Waals surface area contributed by atoms with Gasteiger partial charge in [0.2, 0.25) is 5.91 Å². The van der Waals surface area contributed by atoms with Crippen LogP contribution in [0.3, 0.4) is 0 Å². The standard InChI is InChI=1S/C18H26N2O2S/c1-2-3-13-22-16-12-8-7-11-15(16)19-18(23)20-17(21)14-9-5-4-6-10-14/h7-8,11-12,14H,2-6,9-10,13H2,1H3,(H2,19,20,21,23). The fourth-order valence-electron chi connectivity index (χ4n) is 2.75. The highest BCUT2D eigenvalue weighted by molar-refractivity contribution is 7.80. The van der Waals surface area contributed by atoms with Crippen molar-refractivity contribution in [2.24, 2.45) is 5.92 Å². The molecular weight excluding hydrogens is 308 g/mol. The van der Waals surface area contributed by atoms with Crippen molar-refractivity contribution in [3.63, 3.8) is 0 Å². The molecule has 0 spiro atoms. The molecule has 126 valence electrons. The molecule has 2 N–H and O–H groups in total. The third-order valence-electron chi connectivity index (χ3n) is 4.10. The van der Waals surface area contributed by atoms with Crippen LogP contribution >= 0.6 is 12.2 Å². The van der Waals surface area contributed by atoms with E-state index < -0.39 is 0 Å². The Balaban J connectivity index is 1.88. The molecular formula is C18H26N2O2S. The largest absolute Gasteiger partial charge is 0.491 e. The summed E-state index contributed by atoms with van der Waals surface area (Å²) in [6, 6.07) is 7.65. The van der Waals surface area contributed by atoms with Crippen LogP contribution in [0.4, 0.5) is 5.69 Å². The van der Waals surface area contributed by atoms with Crippen molar-refractivity contribution in [3.8, 4) is 5.75 Å². The summed E-state index contributed by atoms with van der Waals surface area (Å²) in [5.74, 6) is 0.890. The summed E-state index contributed by atoms with van der Waals surface area (Å²) in [5, 5.41) is 6.24. The normalized spacial score (nSPS) is 15.0. The maximum atomic E-state index is 12.2. The van der Waals surface area contributed by atoms with Gasteiger partial charge in [0.05, 0.1) is 12.3 Å². The van der Waals surface area contributed by atoms with Crippen LogP contribution < -0.4 is 15.4 Å². The highest BCUT2D eigenvalue weighted by Crippen LogP contribution is 2.25. The van der Waals surface area contributed by atoms with Gasteiger partial charge >= 0.3 is 0 Å². The molecule has 1 aromatic carbocycles. The molecule has 1 aromatic rings. The van der Waals surface area contributed by atoms with Gasteiger partial charge in [0.15, 0.2) is 5.11 Å². The Morgan fingerprint density at radius 3 is 2.74 bits per heavy atom. The Labute approximate surface area is 144 Å². The van der Waals surface area contributed by atoms with Crippen LogP contribution in [-0.2, 0) is 4.79 Å². The molecule has 4 nitrogen and oxygen atoms in total. The van der Waals surface area contributed by atoms with Crippen LogP contribution in [0.2, 0.25) is 0 Å². The second-order valence-corrected chi connectivity index (χ2v) is 6.38. The van der Waals surface area contributed by atoms with Crippen LogP contribution in [0, 0.1) is 5.92 Å². The van der Waals surface area contributed by atoms with Gasteiger partial charge in [-0.05, 0) is 43.6 Å². The quantitative estimate of drug-likeness (QED) is 0.603. The molecule has 23 heavy (non-hydrogen) atoms. The van der Waals surface area contributed by atoms with Crippen LogP contribution in [0.1, 0.15) is 51.9 Å². The number of carbonyl (C=O) groups is 1. The van der Waals surface area contributed by atoms with Crippen molar-refractivity contribution in [1.82, 2.24) is 5.32 Å². The molecule has 0 unspecified atom stereocenters. The lowest BCUT2D eigenvalue weighted by Crippen LogP contribution is -2.39. The molecule has 1 aliphatic rings. The molecule has 1 aliphatic carbocycles. The van der Waals surface area contributed by atoms with E-state index in [1.807, 2.05) is 24.3 Å². The number of nitrogens with one attached hydrogen (secondary N) is 2. The molecule has 0 atom stereocenters. The molecule has 0 aliphatic heterocycles. The number of para-hydroxylation sites is 2. The lowest BCUT2D eigenvalue weighted by atomic mass is 9.89. The number of rotatable bonds is 6. The fourth-order valence-corrected chi connectivity index (χ4v) is 2.97. The van der Waals surface area contributed by atoms with Crippen molar-refractivity contribution >= 4 is 28.9 Å². The highest BCUT2D eigenvalue weighted by atomic mass is 32.1. The minimum Gasteiger partial charge on any atom is -0.491 e. The van der Waals surface area contributed by atoms with E-state index in [0.29, 0.717) is 11.7 Å². The van der Waals surface area contributed by atoms with Crippen molar-refractivity contribution in [1.29, 1.82) is 0 Å². The van der Waals surface area contributed by atoms with Crippen molar-refractivity contribution in [2.45, 2.75) is 51.9 Å². The van der Waals surface area contributed by atoms with E-state index in [9.17, 15) is 4.79 Å². The highest BCUT2D eigenvalue weighted by Gasteiger charge is 2.21. The van der Waals surface area contributed by atoms with Crippen molar-refractivity contribution < 1.29 is 9.53 Å². The zero-order valence-corrected chi connectivity index (χ0v) is 14.6. The maximum Gasteiger partial charge on any atom is 0.229 e. The van der Waals surface area contributed by atoms with E-state index in [0.717, 1.165) is 50.0 Å². The Morgan fingerprint density at radius 2 is 2.00 bits per heavy atom. The first-order chi connectivity index (χ1) is 11.2. The van der Waals surface area contributed by atoms with Gasteiger partial charge in [-0.3, -0.25) is 4.79 Å². The molecule has 0 bridgehead atoms. The number of hydrogen-bond acceptors (Lipinski definition) is 3. The molecule has 0 saturated heterocycles. The summed E-state index contributed by atoms with van der Waals surface area (Å²) in [5.41, 5.74) is 0.789.